The summed E-state index contributed by atoms with van der Waals surface area (Å²) >= 11 is 0. The second kappa shape index (κ2) is 14.1. The first-order valence-electron chi connectivity index (χ1n) is 8.58. The van der Waals surface area contributed by atoms with E-state index in [1.807, 2.05) is 6.92 Å². The van der Waals surface area contributed by atoms with Gasteiger partial charge in [0.05, 0.1) is 6.61 Å². The van der Waals surface area contributed by atoms with E-state index in [2.05, 4.69) is 6.92 Å². The molecule has 0 aromatic carbocycles. The maximum Gasteiger partial charge on any atom is 0.328 e. The largest absolute Gasteiger partial charge is 0.328 e. The number of rotatable bonds is 15. The van der Waals surface area contributed by atoms with Gasteiger partial charge in [-0.05, 0) is 12.8 Å². The second-order valence-electron chi connectivity index (χ2n) is 5.73. The third-order valence-electron chi connectivity index (χ3n) is 3.59. The van der Waals surface area contributed by atoms with Crippen LogP contribution in [0.3, 0.4) is 0 Å². The van der Waals surface area contributed by atoms with Crippen LogP contribution >= 0.6 is 7.60 Å². The zero-order valence-electron chi connectivity index (χ0n) is 13.6. The summed E-state index contributed by atoms with van der Waals surface area (Å²) in [6.45, 7) is 4.71. The Labute approximate surface area is 126 Å². The molecular weight excluding hydrogens is 271 g/mol. The molecule has 4 heteroatoms. The van der Waals surface area contributed by atoms with Crippen molar-refractivity contribution in [3.63, 3.8) is 0 Å². The molecular formula is C16H35O3P. The Hall–Kier alpha value is 0.150. The van der Waals surface area contributed by atoms with E-state index in [4.69, 9.17) is 4.52 Å². The molecule has 1 N–H and O–H groups in total. The summed E-state index contributed by atoms with van der Waals surface area (Å²) in [6, 6.07) is 0. The van der Waals surface area contributed by atoms with E-state index >= 15 is 0 Å². The first kappa shape index (κ1) is 20.1. The number of unbranched alkanes of at least 4 members (excludes halogenated alkanes) is 10. The van der Waals surface area contributed by atoms with Crippen molar-refractivity contribution in [1.82, 2.24) is 0 Å². The van der Waals surface area contributed by atoms with E-state index in [0.29, 0.717) is 12.8 Å². The molecule has 0 aromatic heterocycles. The molecule has 0 saturated carbocycles. The van der Waals surface area contributed by atoms with E-state index < -0.39 is 7.60 Å². The summed E-state index contributed by atoms with van der Waals surface area (Å²) in [4.78, 5) is 9.60. The molecule has 0 fully saturated rings. The van der Waals surface area contributed by atoms with Gasteiger partial charge in [-0.3, -0.25) is 4.57 Å². The summed E-state index contributed by atoms with van der Waals surface area (Å²) in [7, 11) is -3.30. The lowest BCUT2D eigenvalue weighted by atomic mass is 10.1. The van der Waals surface area contributed by atoms with Crippen molar-refractivity contribution >= 4 is 7.60 Å². The fourth-order valence-corrected chi connectivity index (χ4v) is 3.38. The molecule has 1 unspecified atom stereocenters. The predicted octanol–water partition coefficient (Wildman–Crippen LogP) is 5.91. The molecule has 0 rings (SSSR count). The van der Waals surface area contributed by atoms with Crippen LogP contribution in [0, 0.1) is 0 Å². The molecule has 0 aliphatic rings. The fraction of sp³-hybridized carbons (Fsp3) is 1.00. The minimum atomic E-state index is -3.30. The summed E-state index contributed by atoms with van der Waals surface area (Å²) in [5, 5.41) is 0. The summed E-state index contributed by atoms with van der Waals surface area (Å²) < 4.78 is 16.7. The van der Waals surface area contributed by atoms with Crippen LogP contribution in [0.2, 0.25) is 0 Å². The minimum absolute atomic E-state index is 0.327. The third-order valence-corrected chi connectivity index (χ3v) is 5.05. The molecule has 0 radical (unpaired) electrons. The molecule has 20 heavy (non-hydrogen) atoms. The van der Waals surface area contributed by atoms with Gasteiger partial charge in [0, 0.05) is 6.16 Å². The van der Waals surface area contributed by atoms with E-state index in [9.17, 15) is 9.46 Å². The van der Waals surface area contributed by atoms with Crippen LogP contribution in [0.25, 0.3) is 0 Å². The first-order valence-corrected chi connectivity index (χ1v) is 10.3. The standard InChI is InChI=1S/C16H35O3P/c1-3-5-7-8-9-10-11-12-13-14-16-20(17,18)19-15-6-4-2/h3-16H2,1-2H3,(H,17,18). The second-order valence-corrected chi connectivity index (χ2v) is 7.71. The van der Waals surface area contributed by atoms with Gasteiger partial charge in [0.2, 0.25) is 0 Å². The number of hydrogen-bond donors (Lipinski definition) is 1. The predicted molar refractivity (Wildman–Crippen MR) is 87.4 cm³/mol. The highest BCUT2D eigenvalue weighted by Gasteiger charge is 2.17. The molecule has 0 aliphatic carbocycles. The lowest BCUT2D eigenvalue weighted by Gasteiger charge is -2.11. The SMILES string of the molecule is CCCCCCCCCCCCP(=O)(O)OCCCC. The zero-order chi connectivity index (χ0) is 15.1. The monoisotopic (exact) mass is 306 g/mol. The topological polar surface area (TPSA) is 46.5 Å². The maximum atomic E-state index is 11.7. The van der Waals surface area contributed by atoms with Gasteiger partial charge in [0.15, 0.2) is 0 Å². The fourth-order valence-electron chi connectivity index (χ4n) is 2.22. The highest BCUT2D eigenvalue weighted by Crippen LogP contribution is 2.42. The van der Waals surface area contributed by atoms with Gasteiger partial charge in [-0.25, -0.2) is 0 Å². The van der Waals surface area contributed by atoms with Gasteiger partial charge >= 0.3 is 7.60 Å². The Morgan fingerprint density at radius 3 is 1.70 bits per heavy atom. The van der Waals surface area contributed by atoms with Gasteiger partial charge in [0.25, 0.3) is 0 Å². The first-order chi connectivity index (χ1) is 9.62. The van der Waals surface area contributed by atoms with Gasteiger partial charge < -0.3 is 9.42 Å². The van der Waals surface area contributed by atoms with Gasteiger partial charge in [0.1, 0.15) is 0 Å². The van der Waals surface area contributed by atoms with Crippen LogP contribution in [0.4, 0.5) is 0 Å². The maximum absolute atomic E-state index is 11.7. The van der Waals surface area contributed by atoms with Crippen molar-refractivity contribution in [2.24, 2.45) is 0 Å². The van der Waals surface area contributed by atoms with Crippen molar-refractivity contribution in [3.05, 3.63) is 0 Å². The van der Waals surface area contributed by atoms with Crippen molar-refractivity contribution in [2.75, 3.05) is 12.8 Å². The van der Waals surface area contributed by atoms with E-state index in [0.717, 1.165) is 25.7 Å². The molecule has 122 valence electrons. The molecule has 0 amide bonds. The van der Waals surface area contributed by atoms with Gasteiger partial charge in [-0.2, -0.15) is 0 Å². The average Bonchev–Trinajstić information content (AvgIpc) is 2.41. The van der Waals surface area contributed by atoms with Crippen molar-refractivity contribution in [1.29, 1.82) is 0 Å². The molecule has 0 saturated heterocycles. The van der Waals surface area contributed by atoms with Crippen LogP contribution in [0.5, 0.6) is 0 Å². The molecule has 0 aliphatic heterocycles. The Balaban J connectivity index is 3.28. The van der Waals surface area contributed by atoms with Crippen LogP contribution < -0.4 is 0 Å². The minimum Gasteiger partial charge on any atom is -0.324 e. The Morgan fingerprint density at radius 1 is 0.750 bits per heavy atom. The van der Waals surface area contributed by atoms with Gasteiger partial charge in [-0.15, -0.1) is 0 Å². The van der Waals surface area contributed by atoms with Crippen molar-refractivity contribution in [2.45, 2.75) is 90.9 Å². The summed E-state index contributed by atoms with van der Waals surface area (Å²) in [5.74, 6) is 0. The molecule has 0 bridgehead atoms. The van der Waals surface area contributed by atoms with E-state index in [1.165, 1.54) is 51.4 Å². The summed E-state index contributed by atoms with van der Waals surface area (Å²) in [5.41, 5.74) is 0. The number of hydrogen-bond acceptors (Lipinski definition) is 2. The summed E-state index contributed by atoms with van der Waals surface area (Å²) in [6.07, 6.45) is 14.6. The van der Waals surface area contributed by atoms with E-state index in [1.54, 1.807) is 0 Å². The Morgan fingerprint density at radius 2 is 1.20 bits per heavy atom. The lowest BCUT2D eigenvalue weighted by Crippen LogP contribution is -1.97. The highest BCUT2D eigenvalue weighted by molar-refractivity contribution is 7.52. The third kappa shape index (κ3) is 14.6. The van der Waals surface area contributed by atoms with E-state index in [-0.39, 0.29) is 0 Å². The highest BCUT2D eigenvalue weighted by atomic mass is 31.2. The van der Waals surface area contributed by atoms with Crippen LogP contribution in [0.1, 0.15) is 90.9 Å². The quantitative estimate of drug-likeness (QED) is 0.302. The van der Waals surface area contributed by atoms with Crippen molar-refractivity contribution in [3.8, 4) is 0 Å². The molecule has 0 spiro atoms. The van der Waals surface area contributed by atoms with Crippen LogP contribution in [-0.2, 0) is 9.09 Å². The molecule has 0 heterocycles. The average molecular weight is 306 g/mol. The molecule has 3 nitrogen and oxygen atoms in total. The zero-order valence-corrected chi connectivity index (χ0v) is 14.5. The molecule has 1 atom stereocenters. The smallest absolute Gasteiger partial charge is 0.324 e. The Bertz CT molecular complexity index is 244. The molecule has 0 aromatic rings. The van der Waals surface area contributed by atoms with Gasteiger partial charge in [-0.1, -0.05) is 78.1 Å². The lowest BCUT2D eigenvalue weighted by molar-refractivity contribution is 0.254. The normalized spacial score (nSPS) is 14.3. The van der Waals surface area contributed by atoms with Crippen molar-refractivity contribution < 1.29 is 14.0 Å². The van der Waals surface area contributed by atoms with Crippen LogP contribution in [0.15, 0.2) is 0 Å². The Kier molecular flexibility index (Phi) is 14.2. The van der Waals surface area contributed by atoms with Crippen LogP contribution in [-0.4, -0.2) is 17.7 Å².